The molecule has 0 fully saturated rings. The minimum atomic E-state index is -0.447. The van der Waals surface area contributed by atoms with Crippen molar-refractivity contribution >= 4 is 28.5 Å². The number of allylic oxidation sites excluding steroid dienone is 1. The number of hydrogen-bond donors (Lipinski definition) is 0. The van der Waals surface area contributed by atoms with E-state index in [9.17, 15) is 10.1 Å². The quantitative estimate of drug-likeness (QED) is 0.183. The Balaban J connectivity index is 1.57. The van der Waals surface area contributed by atoms with Gasteiger partial charge in [0.15, 0.2) is 5.16 Å². The summed E-state index contributed by atoms with van der Waals surface area (Å²) in [5.74, 6) is 0.780. The molecule has 1 unspecified atom stereocenters. The summed E-state index contributed by atoms with van der Waals surface area (Å²) in [6.07, 6.45) is 1.84. The third-order valence-electron chi connectivity index (χ3n) is 4.33. The molecular formula is C20H17N5O3S. The maximum Gasteiger partial charge on any atom is 0.269 e. The first-order valence-corrected chi connectivity index (χ1v) is 9.76. The summed E-state index contributed by atoms with van der Waals surface area (Å²) in [5.41, 5.74) is 2.60. The zero-order chi connectivity index (χ0) is 20.4. The van der Waals surface area contributed by atoms with Gasteiger partial charge in [-0.15, -0.1) is 16.8 Å². The van der Waals surface area contributed by atoms with Gasteiger partial charge in [-0.05, 0) is 31.2 Å². The van der Waals surface area contributed by atoms with Crippen molar-refractivity contribution in [3.8, 4) is 11.5 Å². The summed E-state index contributed by atoms with van der Waals surface area (Å²) < 4.78 is 7.90. The van der Waals surface area contributed by atoms with E-state index >= 15 is 0 Å². The van der Waals surface area contributed by atoms with Crippen LogP contribution in [0.25, 0.3) is 22.5 Å². The van der Waals surface area contributed by atoms with Crippen molar-refractivity contribution in [1.29, 1.82) is 0 Å². The lowest BCUT2D eigenvalue weighted by Crippen LogP contribution is -1.99. The van der Waals surface area contributed by atoms with E-state index in [2.05, 4.69) is 21.3 Å². The molecule has 29 heavy (non-hydrogen) atoms. The van der Waals surface area contributed by atoms with Crippen LogP contribution in [0.5, 0.6) is 0 Å². The number of rotatable bonds is 7. The van der Waals surface area contributed by atoms with Crippen LogP contribution in [-0.2, 0) is 6.54 Å². The molecule has 2 aromatic heterocycles. The number of hydrogen-bond acceptors (Lipinski definition) is 7. The van der Waals surface area contributed by atoms with Gasteiger partial charge in [0.25, 0.3) is 5.69 Å². The van der Waals surface area contributed by atoms with E-state index in [1.165, 1.54) is 23.9 Å². The molecular weight excluding hydrogens is 390 g/mol. The van der Waals surface area contributed by atoms with Crippen LogP contribution in [0, 0.1) is 10.1 Å². The number of thioether (sulfide) groups is 1. The summed E-state index contributed by atoms with van der Waals surface area (Å²) in [6.45, 7) is 6.45. The number of nitro groups is 1. The standard InChI is InChI=1S/C20H17N5O3S/c1-3-12-24-17-7-5-4-6-16(17)21-20(24)29-13(2)18-22-23-19(28-18)14-8-10-15(11-9-14)25(26)27/h3-11,13H,1,12H2,2H3. The highest BCUT2D eigenvalue weighted by Gasteiger charge is 2.20. The third-order valence-corrected chi connectivity index (χ3v) is 5.40. The SMILES string of the molecule is C=CCn1c(SC(C)c2nnc(-c3ccc([N+](=O)[O-])cc3)o2)nc2ccccc21. The Kier molecular flexibility index (Phi) is 5.13. The van der Waals surface area contributed by atoms with Crippen LogP contribution in [0.1, 0.15) is 18.1 Å². The van der Waals surface area contributed by atoms with Gasteiger partial charge in [-0.1, -0.05) is 30.0 Å². The fraction of sp³-hybridized carbons (Fsp3) is 0.150. The number of para-hydroxylation sites is 2. The number of nitro benzene ring substituents is 1. The lowest BCUT2D eigenvalue weighted by molar-refractivity contribution is -0.384. The summed E-state index contributed by atoms with van der Waals surface area (Å²) >= 11 is 1.52. The number of aromatic nitrogens is 4. The molecule has 0 N–H and O–H groups in total. The monoisotopic (exact) mass is 407 g/mol. The molecule has 4 aromatic rings. The molecule has 0 aliphatic rings. The van der Waals surface area contributed by atoms with Gasteiger partial charge in [-0.2, -0.15) is 0 Å². The topological polar surface area (TPSA) is 99.9 Å². The highest BCUT2D eigenvalue weighted by Crippen LogP contribution is 2.36. The second-order valence-electron chi connectivity index (χ2n) is 6.29. The van der Waals surface area contributed by atoms with E-state index in [-0.39, 0.29) is 10.9 Å². The Morgan fingerprint density at radius 2 is 2.00 bits per heavy atom. The Morgan fingerprint density at radius 1 is 1.24 bits per heavy atom. The fourth-order valence-electron chi connectivity index (χ4n) is 2.90. The van der Waals surface area contributed by atoms with Crippen LogP contribution in [0.3, 0.4) is 0 Å². The maximum absolute atomic E-state index is 10.8. The molecule has 2 aromatic carbocycles. The number of fused-ring (bicyclic) bond motifs is 1. The highest BCUT2D eigenvalue weighted by molar-refractivity contribution is 7.99. The molecule has 0 spiro atoms. The van der Waals surface area contributed by atoms with Crippen molar-refractivity contribution in [3.63, 3.8) is 0 Å². The molecule has 0 saturated heterocycles. The predicted octanol–water partition coefficient (Wildman–Crippen LogP) is 5.03. The van der Waals surface area contributed by atoms with E-state index < -0.39 is 4.92 Å². The molecule has 0 saturated carbocycles. The van der Waals surface area contributed by atoms with E-state index in [4.69, 9.17) is 9.40 Å². The molecule has 146 valence electrons. The van der Waals surface area contributed by atoms with Crippen molar-refractivity contribution in [2.75, 3.05) is 0 Å². The first-order valence-electron chi connectivity index (χ1n) is 8.88. The average molecular weight is 407 g/mol. The third kappa shape index (κ3) is 3.77. The lowest BCUT2D eigenvalue weighted by atomic mass is 10.2. The second-order valence-corrected chi connectivity index (χ2v) is 7.60. The number of imidazole rings is 1. The minimum absolute atomic E-state index is 0.0125. The maximum atomic E-state index is 10.8. The highest BCUT2D eigenvalue weighted by atomic mass is 32.2. The summed E-state index contributed by atoms with van der Waals surface area (Å²) in [7, 11) is 0. The second kappa shape index (κ2) is 7.88. The number of non-ortho nitro benzene ring substituents is 1. The van der Waals surface area contributed by atoms with Crippen LogP contribution in [0.4, 0.5) is 5.69 Å². The molecule has 9 heteroatoms. The normalized spacial score (nSPS) is 12.2. The van der Waals surface area contributed by atoms with Crippen molar-refractivity contribution in [2.45, 2.75) is 23.9 Å². The summed E-state index contributed by atoms with van der Waals surface area (Å²) in [4.78, 5) is 15.1. The summed E-state index contributed by atoms with van der Waals surface area (Å²) in [6, 6.07) is 14.0. The van der Waals surface area contributed by atoms with E-state index in [1.54, 1.807) is 12.1 Å². The van der Waals surface area contributed by atoms with Gasteiger partial charge in [0.05, 0.1) is 21.2 Å². The Morgan fingerprint density at radius 3 is 2.72 bits per heavy atom. The van der Waals surface area contributed by atoms with Crippen LogP contribution in [0.15, 0.2) is 70.8 Å². The van der Waals surface area contributed by atoms with Crippen molar-refractivity contribution in [1.82, 2.24) is 19.7 Å². The van der Waals surface area contributed by atoms with Crippen LogP contribution >= 0.6 is 11.8 Å². The fourth-order valence-corrected chi connectivity index (χ4v) is 3.86. The smallest absolute Gasteiger partial charge is 0.269 e. The van der Waals surface area contributed by atoms with Gasteiger partial charge < -0.3 is 8.98 Å². The van der Waals surface area contributed by atoms with Gasteiger partial charge in [-0.3, -0.25) is 10.1 Å². The zero-order valence-electron chi connectivity index (χ0n) is 15.6. The first kappa shape index (κ1) is 18.9. The van der Waals surface area contributed by atoms with E-state index in [0.29, 0.717) is 23.9 Å². The van der Waals surface area contributed by atoms with Gasteiger partial charge in [0, 0.05) is 24.2 Å². The number of nitrogens with zero attached hydrogens (tertiary/aromatic N) is 5. The van der Waals surface area contributed by atoms with Gasteiger partial charge in [0.1, 0.15) is 0 Å². The summed E-state index contributed by atoms with van der Waals surface area (Å²) in [5, 5.41) is 19.7. The molecule has 8 nitrogen and oxygen atoms in total. The molecule has 0 bridgehead atoms. The van der Waals surface area contributed by atoms with E-state index in [1.807, 2.05) is 37.3 Å². The molecule has 1 atom stereocenters. The lowest BCUT2D eigenvalue weighted by Gasteiger charge is -2.08. The van der Waals surface area contributed by atoms with Crippen LogP contribution in [-0.4, -0.2) is 24.7 Å². The van der Waals surface area contributed by atoms with Gasteiger partial charge in [-0.25, -0.2) is 4.98 Å². The Labute approximate surface area is 170 Å². The Bertz CT molecular complexity index is 1180. The zero-order valence-corrected chi connectivity index (χ0v) is 16.4. The molecule has 2 heterocycles. The van der Waals surface area contributed by atoms with Crippen molar-refractivity contribution in [2.24, 2.45) is 0 Å². The molecule has 4 rings (SSSR count). The van der Waals surface area contributed by atoms with Gasteiger partial charge in [0.2, 0.25) is 11.8 Å². The minimum Gasteiger partial charge on any atom is -0.419 e. The molecule has 0 aliphatic heterocycles. The van der Waals surface area contributed by atoms with Crippen LogP contribution in [0.2, 0.25) is 0 Å². The Hall–Kier alpha value is -3.46. The average Bonchev–Trinajstić information content (AvgIpc) is 3.34. The molecule has 0 aliphatic carbocycles. The first-order chi connectivity index (χ1) is 14.1. The largest absolute Gasteiger partial charge is 0.419 e. The number of benzene rings is 2. The van der Waals surface area contributed by atoms with Gasteiger partial charge >= 0.3 is 0 Å². The van der Waals surface area contributed by atoms with Crippen molar-refractivity contribution in [3.05, 3.63) is 77.2 Å². The van der Waals surface area contributed by atoms with E-state index in [0.717, 1.165) is 16.2 Å². The van der Waals surface area contributed by atoms with Crippen molar-refractivity contribution < 1.29 is 9.34 Å². The predicted molar refractivity (Wildman–Crippen MR) is 111 cm³/mol. The van der Waals surface area contributed by atoms with Crippen LogP contribution < -0.4 is 0 Å². The molecule has 0 radical (unpaired) electrons. The molecule has 0 amide bonds.